The number of alkyl halides is 1. The second-order valence-corrected chi connectivity index (χ2v) is 6.42. The second kappa shape index (κ2) is 7.17. The number of rotatable bonds is 4. The van der Waals surface area contributed by atoms with Crippen molar-refractivity contribution >= 4 is 57.5 Å². The van der Waals surface area contributed by atoms with Crippen molar-refractivity contribution in [2.75, 3.05) is 11.2 Å². The van der Waals surface area contributed by atoms with Crippen LogP contribution in [0.15, 0.2) is 58.3 Å². The summed E-state index contributed by atoms with van der Waals surface area (Å²) in [5, 5.41) is 2.71. The molecule has 0 saturated heterocycles. The van der Waals surface area contributed by atoms with Crippen LogP contribution in [0, 0.1) is 3.57 Å². The molecule has 2 nitrogen and oxygen atoms in total. The minimum atomic E-state index is -0.195. The highest BCUT2D eigenvalue weighted by atomic mass is 127. The largest absolute Gasteiger partial charge is 0.325 e. The van der Waals surface area contributed by atoms with Gasteiger partial charge in [0.15, 0.2) is 0 Å². The quantitative estimate of drug-likeness (QED) is 0.596. The third-order valence-electron chi connectivity index (χ3n) is 2.31. The van der Waals surface area contributed by atoms with E-state index in [1.807, 2.05) is 24.3 Å². The number of anilines is 1. The number of hydrogen-bond donors (Lipinski definition) is 1. The predicted molar refractivity (Wildman–Crippen MR) is 89.1 cm³/mol. The molecule has 0 heterocycles. The Bertz CT molecular complexity index is 557. The summed E-state index contributed by atoms with van der Waals surface area (Å²) in [5.41, 5.74) is 0.762. The maximum absolute atomic E-state index is 11.1. The molecule has 0 aromatic heterocycles. The normalized spacial score (nSPS) is 10.2. The number of carbonyl (C=O) groups excluding carboxylic acids is 1. The minimum absolute atomic E-state index is 0.0286. The number of nitrogens with one attached hydrogen (secondary N) is 1. The number of carbonyl (C=O) groups is 1. The first-order chi connectivity index (χ1) is 9.17. The van der Waals surface area contributed by atoms with E-state index < -0.39 is 0 Å². The summed E-state index contributed by atoms with van der Waals surface area (Å²) in [5.74, 6) is -0.223. The first-order valence-corrected chi connectivity index (χ1v) is 7.99. The Morgan fingerprint density at radius 3 is 2.11 bits per heavy atom. The topological polar surface area (TPSA) is 29.1 Å². The molecule has 0 saturated carbocycles. The highest BCUT2D eigenvalue weighted by molar-refractivity contribution is 14.1. The Hall–Kier alpha value is -0.720. The molecule has 2 aromatic rings. The van der Waals surface area contributed by atoms with E-state index in [1.165, 1.54) is 8.47 Å². The molecule has 0 atom stereocenters. The van der Waals surface area contributed by atoms with Gasteiger partial charge >= 0.3 is 0 Å². The molecule has 19 heavy (non-hydrogen) atoms. The standard InChI is InChI=1S/C14H11ClINOS/c15-9-14(18)17-11-3-7-13(8-4-11)19-12-5-1-10(16)2-6-12/h1-8H,9H2,(H,17,18). The molecule has 0 aliphatic heterocycles. The summed E-state index contributed by atoms with van der Waals surface area (Å²) in [7, 11) is 0. The molecule has 1 amide bonds. The molecule has 0 unspecified atom stereocenters. The fourth-order valence-corrected chi connectivity index (χ4v) is 2.68. The Morgan fingerprint density at radius 1 is 1.05 bits per heavy atom. The molecule has 2 rings (SSSR count). The van der Waals surface area contributed by atoms with Crippen LogP contribution in [0.25, 0.3) is 0 Å². The van der Waals surface area contributed by atoms with Crippen molar-refractivity contribution in [3.8, 4) is 0 Å². The highest BCUT2D eigenvalue weighted by Crippen LogP contribution is 2.28. The third kappa shape index (κ3) is 4.71. The van der Waals surface area contributed by atoms with E-state index in [-0.39, 0.29) is 11.8 Å². The van der Waals surface area contributed by atoms with E-state index in [4.69, 9.17) is 11.6 Å². The van der Waals surface area contributed by atoms with Gasteiger partial charge in [0.25, 0.3) is 0 Å². The molecule has 2 aromatic carbocycles. The van der Waals surface area contributed by atoms with E-state index in [9.17, 15) is 4.79 Å². The van der Waals surface area contributed by atoms with Crippen molar-refractivity contribution in [2.24, 2.45) is 0 Å². The summed E-state index contributed by atoms with van der Waals surface area (Å²) in [4.78, 5) is 13.5. The molecule has 0 spiro atoms. The summed E-state index contributed by atoms with van der Waals surface area (Å²) in [6, 6.07) is 16.1. The van der Waals surface area contributed by atoms with Gasteiger partial charge in [0.2, 0.25) is 5.91 Å². The SMILES string of the molecule is O=C(CCl)Nc1ccc(Sc2ccc(I)cc2)cc1. The van der Waals surface area contributed by atoms with Gasteiger partial charge in [-0.3, -0.25) is 4.79 Å². The van der Waals surface area contributed by atoms with E-state index in [2.05, 4.69) is 52.2 Å². The van der Waals surface area contributed by atoms with Crippen molar-refractivity contribution in [1.82, 2.24) is 0 Å². The van der Waals surface area contributed by atoms with Crippen molar-refractivity contribution < 1.29 is 4.79 Å². The van der Waals surface area contributed by atoms with E-state index >= 15 is 0 Å². The summed E-state index contributed by atoms with van der Waals surface area (Å²) >= 11 is 9.41. The second-order valence-electron chi connectivity index (χ2n) is 3.76. The number of halogens is 2. The monoisotopic (exact) mass is 403 g/mol. The Kier molecular flexibility index (Phi) is 5.54. The van der Waals surface area contributed by atoms with Crippen molar-refractivity contribution in [2.45, 2.75) is 9.79 Å². The zero-order valence-electron chi connectivity index (χ0n) is 9.90. The van der Waals surface area contributed by atoms with Crippen LogP contribution in [0.2, 0.25) is 0 Å². The molecular weight excluding hydrogens is 393 g/mol. The van der Waals surface area contributed by atoms with Gasteiger partial charge in [-0.1, -0.05) is 11.8 Å². The lowest BCUT2D eigenvalue weighted by molar-refractivity contribution is -0.113. The molecule has 5 heteroatoms. The van der Waals surface area contributed by atoms with Gasteiger partial charge in [0.05, 0.1) is 0 Å². The maximum atomic E-state index is 11.1. The molecule has 98 valence electrons. The summed E-state index contributed by atoms with van der Waals surface area (Å²) in [6.45, 7) is 0. The first-order valence-electron chi connectivity index (χ1n) is 5.56. The minimum Gasteiger partial charge on any atom is -0.325 e. The molecule has 0 radical (unpaired) electrons. The number of hydrogen-bond acceptors (Lipinski definition) is 2. The van der Waals surface area contributed by atoms with E-state index in [0.29, 0.717) is 0 Å². The lowest BCUT2D eigenvalue weighted by Crippen LogP contribution is -2.12. The van der Waals surface area contributed by atoms with Gasteiger partial charge < -0.3 is 5.32 Å². The van der Waals surface area contributed by atoms with Crippen molar-refractivity contribution in [1.29, 1.82) is 0 Å². The lowest BCUT2D eigenvalue weighted by atomic mass is 10.3. The Balaban J connectivity index is 2.02. The van der Waals surface area contributed by atoms with Crippen LogP contribution in [0.3, 0.4) is 0 Å². The van der Waals surface area contributed by atoms with Gasteiger partial charge in [-0.05, 0) is 71.1 Å². The molecule has 1 N–H and O–H groups in total. The smallest absolute Gasteiger partial charge is 0.239 e. The van der Waals surface area contributed by atoms with E-state index in [1.54, 1.807) is 11.8 Å². The van der Waals surface area contributed by atoms with Gasteiger partial charge in [0.1, 0.15) is 5.88 Å². The van der Waals surface area contributed by atoms with Crippen LogP contribution in [0.1, 0.15) is 0 Å². The molecule has 0 bridgehead atoms. The fourth-order valence-electron chi connectivity index (χ4n) is 1.44. The zero-order chi connectivity index (χ0) is 13.7. The fraction of sp³-hybridized carbons (Fsp3) is 0.0714. The zero-order valence-corrected chi connectivity index (χ0v) is 13.6. The van der Waals surface area contributed by atoms with Crippen LogP contribution in [0.5, 0.6) is 0 Å². The van der Waals surface area contributed by atoms with Crippen LogP contribution >= 0.6 is 46.0 Å². The molecule has 0 aliphatic carbocycles. The Labute approximate surface area is 135 Å². The average molecular weight is 404 g/mol. The molecule has 0 fully saturated rings. The summed E-state index contributed by atoms with van der Waals surface area (Å²) < 4.78 is 1.22. The third-order valence-corrected chi connectivity index (χ3v) is 4.29. The average Bonchev–Trinajstić information content (AvgIpc) is 2.43. The number of benzene rings is 2. The van der Waals surface area contributed by atoms with Gasteiger partial charge in [-0.2, -0.15) is 0 Å². The molecular formula is C14H11ClINOS. The van der Waals surface area contributed by atoms with Gasteiger partial charge in [-0.25, -0.2) is 0 Å². The van der Waals surface area contributed by atoms with Crippen LogP contribution < -0.4 is 5.32 Å². The van der Waals surface area contributed by atoms with Crippen LogP contribution in [-0.4, -0.2) is 11.8 Å². The van der Waals surface area contributed by atoms with Crippen molar-refractivity contribution in [3.63, 3.8) is 0 Å². The first kappa shape index (κ1) is 14.7. The summed E-state index contributed by atoms with van der Waals surface area (Å²) in [6.07, 6.45) is 0. The van der Waals surface area contributed by atoms with Crippen LogP contribution in [0.4, 0.5) is 5.69 Å². The highest BCUT2D eigenvalue weighted by Gasteiger charge is 2.01. The maximum Gasteiger partial charge on any atom is 0.239 e. The van der Waals surface area contributed by atoms with Gasteiger partial charge in [-0.15, -0.1) is 11.6 Å². The van der Waals surface area contributed by atoms with Gasteiger partial charge in [0, 0.05) is 19.0 Å². The molecule has 0 aliphatic rings. The van der Waals surface area contributed by atoms with Crippen molar-refractivity contribution in [3.05, 3.63) is 52.1 Å². The predicted octanol–water partition coefficient (Wildman–Crippen LogP) is 4.62. The van der Waals surface area contributed by atoms with E-state index in [0.717, 1.165) is 10.6 Å². The Morgan fingerprint density at radius 2 is 1.58 bits per heavy atom. The van der Waals surface area contributed by atoms with Crippen LogP contribution in [-0.2, 0) is 4.79 Å². The lowest BCUT2D eigenvalue weighted by Gasteiger charge is -2.05. The number of amides is 1.